The molecule has 0 saturated carbocycles. The van der Waals surface area contributed by atoms with E-state index in [0.717, 1.165) is 57.3 Å². The first-order valence-corrected chi connectivity index (χ1v) is 7.16. The molecule has 20 heavy (non-hydrogen) atoms. The van der Waals surface area contributed by atoms with Crippen LogP contribution in [0.1, 0.15) is 18.9 Å². The first-order chi connectivity index (χ1) is 9.33. The molecule has 0 aliphatic carbocycles. The number of rotatable bonds is 2. The Kier molecular flexibility index (Phi) is 5.52. The molecule has 1 aromatic carbocycles. The van der Waals surface area contributed by atoms with Crippen LogP contribution in [-0.4, -0.2) is 43.8 Å². The maximum atomic E-state index is 5.88. The van der Waals surface area contributed by atoms with Crippen LogP contribution in [0.25, 0.3) is 0 Å². The van der Waals surface area contributed by atoms with E-state index in [1.165, 1.54) is 5.56 Å². The van der Waals surface area contributed by atoms with Gasteiger partial charge >= 0.3 is 0 Å². The summed E-state index contributed by atoms with van der Waals surface area (Å²) in [5, 5.41) is 3.47. The van der Waals surface area contributed by atoms with Gasteiger partial charge in [-0.2, -0.15) is 0 Å². The Morgan fingerprint density at radius 1 is 1.30 bits per heavy atom. The molecule has 5 heteroatoms. The van der Waals surface area contributed by atoms with Crippen molar-refractivity contribution in [1.82, 2.24) is 10.2 Å². The molecule has 0 bridgehead atoms. The first kappa shape index (κ1) is 15.4. The number of fused-ring (bicyclic) bond motifs is 1. The van der Waals surface area contributed by atoms with Crippen molar-refractivity contribution >= 4 is 12.4 Å². The zero-order chi connectivity index (χ0) is 13.1. The van der Waals surface area contributed by atoms with Crippen LogP contribution >= 0.6 is 12.4 Å². The monoisotopic (exact) mass is 298 g/mol. The van der Waals surface area contributed by atoms with E-state index in [1.54, 1.807) is 0 Å². The highest BCUT2D eigenvalue weighted by molar-refractivity contribution is 5.85. The van der Waals surface area contributed by atoms with Crippen LogP contribution in [0.15, 0.2) is 18.2 Å². The van der Waals surface area contributed by atoms with Gasteiger partial charge in [-0.25, -0.2) is 0 Å². The Labute approximate surface area is 126 Å². The number of ether oxygens (including phenoxy) is 2. The van der Waals surface area contributed by atoms with Crippen molar-refractivity contribution in [2.24, 2.45) is 0 Å². The summed E-state index contributed by atoms with van der Waals surface area (Å²) in [6.45, 7) is 7.92. The molecular formula is C15H23ClN2O2. The molecule has 112 valence electrons. The van der Waals surface area contributed by atoms with Crippen molar-refractivity contribution in [1.29, 1.82) is 0 Å². The molecule has 1 aromatic rings. The minimum Gasteiger partial charge on any atom is -0.490 e. The summed E-state index contributed by atoms with van der Waals surface area (Å²) >= 11 is 0. The Morgan fingerprint density at radius 3 is 3.00 bits per heavy atom. The van der Waals surface area contributed by atoms with Crippen molar-refractivity contribution in [3.63, 3.8) is 0 Å². The molecule has 1 atom stereocenters. The number of halogens is 1. The van der Waals surface area contributed by atoms with Crippen molar-refractivity contribution < 1.29 is 9.47 Å². The lowest BCUT2D eigenvalue weighted by Crippen LogP contribution is -2.48. The van der Waals surface area contributed by atoms with Crippen LogP contribution in [-0.2, 0) is 6.54 Å². The molecule has 2 aliphatic heterocycles. The standard InChI is InChI=1S/C15H22N2O2.ClH/c1-12-10-17(7-6-16-12)11-13-4-2-5-14-15(13)19-9-3-8-18-14;/h2,4-5,12,16H,3,6-11H2,1H3;1H/t12-;/m1./s1. The zero-order valence-corrected chi connectivity index (χ0v) is 12.7. The van der Waals surface area contributed by atoms with E-state index in [0.29, 0.717) is 6.04 Å². The lowest BCUT2D eigenvalue weighted by molar-refractivity contribution is 0.196. The van der Waals surface area contributed by atoms with Gasteiger partial charge in [-0.1, -0.05) is 12.1 Å². The van der Waals surface area contributed by atoms with E-state index in [4.69, 9.17) is 9.47 Å². The van der Waals surface area contributed by atoms with Gasteiger partial charge in [0.1, 0.15) is 0 Å². The van der Waals surface area contributed by atoms with E-state index in [2.05, 4.69) is 29.3 Å². The topological polar surface area (TPSA) is 33.7 Å². The van der Waals surface area contributed by atoms with E-state index in [9.17, 15) is 0 Å². The van der Waals surface area contributed by atoms with Gasteiger partial charge in [0.2, 0.25) is 0 Å². The van der Waals surface area contributed by atoms with Crippen molar-refractivity contribution in [2.75, 3.05) is 32.8 Å². The van der Waals surface area contributed by atoms with Crippen LogP contribution in [0.3, 0.4) is 0 Å². The van der Waals surface area contributed by atoms with Gasteiger partial charge in [-0.3, -0.25) is 4.90 Å². The largest absolute Gasteiger partial charge is 0.490 e. The van der Waals surface area contributed by atoms with E-state index in [-0.39, 0.29) is 12.4 Å². The predicted octanol–water partition coefficient (Wildman–Crippen LogP) is 2.06. The number of hydrogen-bond donors (Lipinski definition) is 1. The van der Waals surface area contributed by atoms with Crippen LogP contribution in [0.5, 0.6) is 11.5 Å². The third kappa shape index (κ3) is 3.57. The quantitative estimate of drug-likeness (QED) is 0.906. The third-order valence-corrected chi connectivity index (χ3v) is 3.70. The third-order valence-electron chi connectivity index (χ3n) is 3.70. The summed E-state index contributed by atoms with van der Waals surface area (Å²) in [5.74, 6) is 1.85. The van der Waals surface area contributed by atoms with Gasteiger partial charge in [0.25, 0.3) is 0 Å². The van der Waals surface area contributed by atoms with Crippen molar-refractivity contribution in [3.8, 4) is 11.5 Å². The van der Waals surface area contributed by atoms with Gasteiger partial charge < -0.3 is 14.8 Å². The van der Waals surface area contributed by atoms with Gasteiger partial charge in [-0.15, -0.1) is 12.4 Å². The smallest absolute Gasteiger partial charge is 0.165 e. The molecule has 0 spiro atoms. The molecule has 0 radical (unpaired) electrons. The molecule has 3 rings (SSSR count). The predicted molar refractivity (Wildman–Crippen MR) is 82.0 cm³/mol. The number of benzene rings is 1. The van der Waals surface area contributed by atoms with Crippen LogP contribution < -0.4 is 14.8 Å². The van der Waals surface area contributed by atoms with Crippen LogP contribution in [0.4, 0.5) is 0 Å². The summed E-state index contributed by atoms with van der Waals surface area (Å²) in [4.78, 5) is 2.48. The first-order valence-electron chi connectivity index (χ1n) is 7.16. The number of nitrogens with zero attached hydrogens (tertiary/aromatic N) is 1. The summed E-state index contributed by atoms with van der Waals surface area (Å²) in [6.07, 6.45) is 0.957. The molecule has 2 aliphatic rings. The second kappa shape index (κ2) is 7.16. The van der Waals surface area contributed by atoms with Gasteiger partial charge in [0, 0.05) is 44.2 Å². The maximum absolute atomic E-state index is 5.88. The summed E-state index contributed by atoms with van der Waals surface area (Å²) in [5.41, 5.74) is 1.24. The lowest BCUT2D eigenvalue weighted by atomic mass is 10.1. The Balaban J connectivity index is 0.00000147. The molecule has 0 unspecified atom stereocenters. The molecule has 4 nitrogen and oxygen atoms in total. The maximum Gasteiger partial charge on any atom is 0.165 e. The summed E-state index contributed by atoms with van der Waals surface area (Å²) < 4.78 is 11.6. The SMILES string of the molecule is C[C@@H]1CN(Cc2cccc3c2OCCCO3)CCN1.Cl. The second-order valence-electron chi connectivity index (χ2n) is 5.39. The fourth-order valence-electron chi connectivity index (χ4n) is 2.78. The number of para-hydroxylation sites is 1. The minimum atomic E-state index is 0. The van der Waals surface area contributed by atoms with Gasteiger partial charge in [0.05, 0.1) is 13.2 Å². The average Bonchev–Trinajstić information content (AvgIpc) is 2.65. The van der Waals surface area contributed by atoms with Gasteiger partial charge in [-0.05, 0) is 13.0 Å². The second-order valence-corrected chi connectivity index (χ2v) is 5.39. The molecule has 1 fully saturated rings. The fourth-order valence-corrected chi connectivity index (χ4v) is 2.78. The number of piperazine rings is 1. The lowest BCUT2D eigenvalue weighted by Gasteiger charge is -2.32. The Hall–Kier alpha value is -0.970. The highest BCUT2D eigenvalue weighted by Crippen LogP contribution is 2.34. The zero-order valence-electron chi connectivity index (χ0n) is 11.9. The summed E-state index contributed by atoms with van der Waals surface area (Å²) in [7, 11) is 0. The van der Waals surface area contributed by atoms with Gasteiger partial charge in [0.15, 0.2) is 11.5 Å². The molecular weight excluding hydrogens is 276 g/mol. The normalized spacial score (nSPS) is 22.8. The summed E-state index contributed by atoms with van der Waals surface area (Å²) in [6, 6.07) is 6.78. The minimum absolute atomic E-state index is 0. The molecule has 2 heterocycles. The molecule has 0 aromatic heterocycles. The number of hydrogen-bond acceptors (Lipinski definition) is 4. The van der Waals surface area contributed by atoms with E-state index in [1.807, 2.05) is 6.07 Å². The highest BCUT2D eigenvalue weighted by Gasteiger charge is 2.19. The Morgan fingerprint density at radius 2 is 2.15 bits per heavy atom. The fraction of sp³-hybridized carbons (Fsp3) is 0.600. The molecule has 1 saturated heterocycles. The van der Waals surface area contributed by atoms with Crippen LogP contribution in [0, 0.1) is 0 Å². The van der Waals surface area contributed by atoms with E-state index < -0.39 is 0 Å². The average molecular weight is 299 g/mol. The number of nitrogens with one attached hydrogen (secondary N) is 1. The van der Waals surface area contributed by atoms with Crippen molar-refractivity contribution in [3.05, 3.63) is 23.8 Å². The highest BCUT2D eigenvalue weighted by atomic mass is 35.5. The Bertz CT molecular complexity index is 442. The molecule has 0 amide bonds. The van der Waals surface area contributed by atoms with Crippen molar-refractivity contribution in [2.45, 2.75) is 25.9 Å². The van der Waals surface area contributed by atoms with E-state index >= 15 is 0 Å². The molecule has 1 N–H and O–H groups in total. The van der Waals surface area contributed by atoms with Crippen LogP contribution in [0.2, 0.25) is 0 Å².